The van der Waals surface area contributed by atoms with Gasteiger partial charge in [-0.3, -0.25) is 4.31 Å². The first-order valence-electron chi connectivity index (χ1n) is 9.32. The quantitative estimate of drug-likeness (QED) is 0.528. The van der Waals surface area contributed by atoms with E-state index in [0.717, 1.165) is 5.56 Å². The molecule has 0 bridgehead atoms. The van der Waals surface area contributed by atoms with Crippen molar-refractivity contribution in [3.8, 4) is 0 Å². The van der Waals surface area contributed by atoms with Crippen molar-refractivity contribution in [3.63, 3.8) is 0 Å². The van der Waals surface area contributed by atoms with E-state index in [2.05, 4.69) is 10.1 Å². The van der Waals surface area contributed by atoms with Crippen LogP contribution in [0.2, 0.25) is 0 Å². The Kier molecular flexibility index (Phi) is 6.21. The van der Waals surface area contributed by atoms with E-state index in [4.69, 9.17) is 9.26 Å². The van der Waals surface area contributed by atoms with E-state index in [0.29, 0.717) is 17.1 Å². The summed E-state index contributed by atoms with van der Waals surface area (Å²) in [4.78, 5) is 16.2. The predicted molar refractivity (Wildman–Crippen MR) is 111 cm³/mol. The van der Waals surface area contributed by atoms with Gasteiger partial charge >= 0.3 is 5.97 Å². The first-order chi connectivity index (χ1) is 14.2. The van der Waals surface area contributed by atoms with Crippen LogP contribution in [0.5, 0.6) is 0 Å². The number of hydrogen-bond acceptors (Lipinski definition) is 7. The van der Waals surface area contributed by atoms with Crippen LogP contribution in [-0.2, 0) is 21.3 Å². The molecule has 0 atom stereocenters. The maximum absolute atomic E-state index is 13.4. The van der Waals surface area contributed by atoms with Gasteiger partial charge in [-0.25, -0.2) is 13.2 Å². The van der Waals surface area contributed by atoms with Crippen LogP contribution < -0.4 is 4.31 Å². The summed E-state index contributed by atoms with van der Waals surface area (Å²) < 4.78 is 37.9. The molecule has 9 heteroatoms. The molecule has 0 radical (unpaired) electrons. The molecule has 0 aliphatic heterocycles. The zero-order valence-electron chi connectivity index (χ0n) is 17.2. The smallest absolute Gasteiger partial charge is 0.337 e. The van der Waals surface area contributed by atoms with Crippen LogP contribution >= 0.6 is 0 Å². The lowest BCUT2D eigenvalue weighted by Gasteiger charge is -2.23. The summed E-state index contributed by atoms with van der Waals surface area (Å²) in [6.45, 7) is 5.57. The predicted octanol–water partition coefficient (Wildman–Crippen LogP) is 3.68. The van der Waals surface area contributed by atoms with Gasteiger partial charge in [0.15, 0.2) is 5.82 Å². The maximum atomic E-state index is 13.4. The van der Waals surface area contributed by atoms with Crippen LogP contribution in [0.1, 0.15) is 47.4 Å². The van der Waals surface area contributed by atoms with Gasteiger partial charge in [0, 0.05) is 5.92 Å². The van der Waals surface area contributed by atoms with Gasteiger partial charge in [0.1, 0.15) is 0 Å². The van der Waals surface area contributed by atoms with Gasteiger partial charge in [0.05, 0.1) is 29.8 Å². The highest BCUT2D eigenvalue weighted by atomic mass is 32.2. The summed E-state index contributed by atoms with van der Waals surface area (Å²) in [5.74, 6) is 0.187. The molecule has 0 aliphatic carbocycles. The zero-order chi connectivity index (χ0) is 21.9. The number of carbonyl (C=O) groups is 1. The fourth-order valence-electron chi connectivity index (χ4n) is 2.73. The molecule has 1 heterocycles. The monoisotopic (exact) mass is 429 g/mol. The second-order valence-corrected chi connectivity index (χ2v) is 8.93. The molecule has 0 amide bonds. The average molecular weight is 429 g/mol. The number of rotatable bonds is 7. The lowest BCUT2D eigenvalue weighted by atomic mass is 10.2. The molecule has 8 nitrogen and oxygen atoms in total. The molecule has 0 saturated carbocycles. The van der Waals surface area contributed by atoms with Gasteiger partial charge in [-0.2, -0.15) is 4.98 Å². The number of hydrogen-bond donors (Lipinski definition) is 0. The van der Waals surface area contributed by atoms with Crippen LogP contribution in [0.4, 0.5) is 5.69 Å². The summed E-state index contributed by atoms with van der Waals surface area (Å²) in [7, 11) is -2.64. The van der Waals surface area contributed by atoms with E-state index in [1.165, 1.54) is 23.5 Å². The Morgan fingerprint density at radius 3 is 2.27 bits per heavy atom. The number of esters is 1. The van der Waals surface area contributed by atoms with E-state index >= 15 is 0 Å². The van der Waals surface area contributed by atoms with Crippen molar-refractivity contribution in [1.29, 1.82) is 0 Å². The Hall–Kier alpha value is -3.20. The number of anilines is 1. The average Bonchev–Trinajstić information content (AvgIpc) is 3.21. The van der Waals surface area contributed by atoms with Gasteiger partial charge in [-0.1, -0.05) is 36.7 Å². The standard InChI is InChI=1S/C21H23N3O5S/c1-14(2)20-22-19(23-29-20)13-24(17-9-7-16(8-10-17)21(25)28-4)30(26,27)18-11-5-15(3)6-12-18/h5-12,14H,13H2,1-4H3. The van der Waals surface area contributed by atoms with E-state index < -0.39 is 16.0 Å². The third kappa shape index (κ3) is 4.51. The van der Waals surface area contributed by atoms with Crippen molar-refractivity contribution in [3.05, 3.63) is 71.4 Å². The van der Waals surface area contributed by atoms with Crippen LogP contribution in [0.3, 0.4) is 0 Å². The number of nitrogens with zero attached hydrogens (tertiary/aromatic N) is 3. The molecule has 0 spiro atoms. The zero-order valence-corrected chi connectivity index (χ0v) is 18.0. The largest absolute Gasteiger partial charge is 0.465 e. The third-order valence-electron chi connectivity index (χ3n) is 4.45. The number of aromatic nitrogens is 2. The minimum atomic E-state index is -3.92. The number of benzene rings is 2. The summed E-state index contributed by atoms with van der Waals surface area (Å²) in [5.41, 5.74) is 1.62. The number of methoxy groups -OCH3 is 1. The molecular weight excluding hydrogens is 406 g/mol. The number of sulfonamides is 1. The summed E-state index contributed by atoms with van der Waals surface area (Å²) in [6.07, 6.45) is 0. The number of aryl methyl sites for hydroxylation is 1. The minimum absolute atomic E-state index is 0.0211. The second kappa shape index (κ2) is 8.66. The third-order valence-corrected chi connectivity index (χ3v) is 6.24. The molecular formula is C21H23N3O5S. The maximum Gasteiger partial charge on any atom is 0.337 e. The topological polar surface area (TPSA) is 103 Å². The summed E-state index contributed by atoms with van der Waals surface area (Å²) in [6, 6.07) is 12.7. The van der Waals surface area contributed by atoms with Gasteiger partial charge in [0.2, 0.25) is 5.89 Å². The molecule has 0 saturated heterocycles. The van der Waals surface area contributed by atoms with Crippen LogP contribution in [-0.4, -0.2) is 31.6 Å². The minimum Gasteiger partial charge on any atom is -0.465 e. The molecule has 2 aromatic carbocycles. The van der Waals surface area contributed by atoms with Crippen LogP contribution in [0.25, 0.3) is 0 Å². The Labute approximate surface area is 175 Å². The van der Waals surface area contributed by atoms with E-state index in [-0.39, 0.29) is 23.2 Å². The normalized spacial score (nSPS) is 11.5. The van der Waals surface area contributed by atoms with E-state index in [1.807, 2.05) is 20.8 Å². The van der Waals surface area contributed by atoms with Crippen molar-refractivity contribution >= 4 is 21.7 Å². The summed E-state index contributed by atoms with van der Waals surface area (Å²) >= 11 is 0. The molecule has 3 rings (SSSR count). The molecule has 0 fully saturated rings. The van der Waals surface area contributed by atoms with Gasteiger partial charge in [-0.15, -0.1) is 0 Å². The van der Waals surface area contributed by atoms with Crippen molar-refractivity contribution < 1.29 is 22.5 Å². The lowest BCUT2D eigenvalue weighted by Crippen LogP contribution is -2.31. The SMILES string of the molecule is COC(=O)c1ccc(N(Cc2noc(C(C)C)n2)S(=O)(=O)c2ccc(C)cc2)cc1. The van der Waals surface area contributed by atoms with E-state index in [1.54, 1.807) is 36.4 Å². The Balaban J connectivity index is 2.03. The summed E-state index contributed by atoms with van der Waals surface area (Å²) in [5, 5.41) is 3.92. The molecule has 158 valence electrons. The molecule has 0 aliphatic rings. The highest BCUT2D eigenvalue weighted by Crippen LogP contribution is 2.26. The lowest BCUT2D eigenvalue weighted by molar-refractivity contribution is 0.0600. The molecule has 30 heavy (non-hydrogen) atoms. The number of carbonyl (C=O) groups excluding carboxylic acids is 1. The van der Waals surface area contributed by atoms with Crippen molar-refractivity contribution in [2.75, 3.05) is 11.4 Å². The fraction of sp³-hybridized carbons (Fsp3) is 0.286. The Morgan fingerprint density at radius 1 is 1.10 bits per heavy atom. The Bertz CT molecular complexity index is 1120. The highest BCUT2D eigenvalue weighted by Gasteiger charge is 2.27. The first kappa shape index (κ1) is 21.5. The van der Waals surface area contributed by atoms with Crippen molar-refractivity contribution in [2.45, 2.75) is 38.1 Å². The number of ether oxygens (including phenoxy) is 1. The fourth-order valence-corrected chi connectivity index (χ4v) is 4.15. The van der Waals surface area contributed by atoms with Crippen LogP contribution in [0, 0.1) is 6.92 Å². The van der Waals surface area contributed by atoms with Gasteiger partial charge in [-0.05, 0) is 43.3 Å². The highest BCUT2D eigenvalue weighted by molar-refractivity contribution is 7.92. The molecule has 1 aromatic heterocycles. The van der Waals surface area contributed by atoms with Crippen molar-refractivity contribution in [2.24, 2.45) is 0 Å². The molecule has 0 N–H and O–H groups in total. The van der Waals surface area contributed by atoms with Gasteiger partial charge < -0.3 is 9.26 Å². The first-order valence-corrected chi connectivity index (χ1v) is 10.8. The van der Waals surface area contributed by atoms with E-state index in [9.17, 15) is 13.2 Å². The Morgan fingerprint density at radius 2 is 1.73 bits per heavy atom. The van der Waals surface area contributed by atoms with Crippen molar-refractivity contribution in [1.82, 2.24) is 10.1 Å². The second-order valence-electron chi connectivity index (χ2n) is 7.07. The molecule has 0 unspecified atom stereocenters. The van der Waals surface area contributed by atoms with Crippen LogP contribution in [0.15, 0.2) is 57.9 Å². The van der Waals surface area contributed by atoms with Gasteiger partial charge in [0.25, 0.3) is 10.0 Å². The molecule has 3 aromatic rings.